The third-order valence-electron chi connectivity index (χ3n) is 3.33. The normalized spacial score (nSPS) is 29.3. The Kier molecular flexibility index (Phi) is 4.96. The van der Waals surface area contributed by atoms with E-state index < -0.39 is 0 Å². The maximum atomic E-state index is 5.49. The van der Waals surface area contributed by atoms with Crippen LogP contribution >= 0.6 is 12.2 Å². The van der Waals surface area contributed by atoms with Gasteiger partial charge in [0.1, 0.15) is 0 Å². The van der Waals surface area contributed by atoms with Crippen molar-refractivity contribution < 1.29 is 0 Å². The SMILES string of the molecule is CC1CN(CCCC(N)=S)CC(C)N1C. The summed E-state index contributed by atoms with van der Waals surface area (Å²) in [6, 6.07) is 1.30. The molecule has 4 heteroatoms. The van der Waals surface area contributed by atoms with Crippen LogP contribution in [-0.2, 0) is 0 Å². The molecule has 15 heavy (non-hydrogen) atoms. The highest BCUT2D eigenvalue weighted by atomic mass is 32.1. The Labute approximate surface area is 98.6 Å². The molecule has 1 fully saturated rings. The molecule has 1 saturated heterocycles. The lowest BCUT2D eigenvalue weighted by Crippen LogP contribution is -2.54. The Hall–Kier alpha value is -0.190. The van der Waals surface area contributed by atoms with Gasteiger partial charge in [-0.3, -0.25) is 4.90 Å². The number of hydrogen-bond acceptors (Lipinski definition) is 3. The number of nitrogens with zero attached hydrogens (tertiary/aromatic N) is 2. The Morgan fingerprint density at radius 2 is 1.87 bits per heavy atom. The molecule has 2 atom stereocenters. The average molecular weight is 229 g/mol. The predicted molar refractivity (Wildman–Crippen MR) is 69.1 cm³/mol. The van der Waals surface area contributed by atoms with Gasteiger partial charge in [-0.1, -0.05) is 12.2 Å². The standard InChI is InChI=1S/C11H23N3S/c1-9-7-14(6-4-5-11(12)15)8-10(2)13(9)3/h9-10H,4-8H2,1-3H3,(H2,12,15). The number of nitrogens with two attached hydrogens (primary N) is 1. The topological polar surface area (TPSA) is 32.5 Å². The Balaban J connectivity index is 2.28. The van der Waals surface area contributed by atoms with Gasteiger partial charge in [0.15, 0.2) is 0 Å². The molecule has 2 N–H and O–H groups in total. The number of hydrogen-bond donors (Lipinski definition) is 1. The summed E-state index contributed by atoms with van der Waals surface area (Å²) in [5.74, 6) is 0. The molecule has 1 heterocycles. The van der Waals surface area contributed by atoms with Gasteiger partial charge in [0.05, 0.1) is 4.99 Å². The summed E-state index contributed by atoms with van der Waals surface area (Å²) in [6.45, 7) is 8.03. The average Bonchev–Trinajstić information content (AvgIpc) is 2.13. The van der Waals surface area contributed by atoms with Crippen LogP contribution in [0.3, 0.4) is 0 Å². The summed E-state index contributed by atoms with van der Waals surface area (Å²) >= 11 is 4.88. The Bertz CT molecular complexity index is 208. The molecule has 1 aliphatic heterocycles. The van der Waals surface area contributed by atoms with Gasteiger partial charge in [0, 0.05) is 25.2 Å². The first-order valence-corrected chi connectivity index (χ1v) is 6.14. The summed E-state index contributed by atoms with van der Waals surface area (Å²) in [5, 5.41) is 0. The van der Waals surface area contributed by atoms with E-state index in [-0.39, 0.29) is 0 Å². The molecule has 0 aromatic rings. The van der Waals surface area contributed by atoms with E-state index >= 15 is 0 Å². The monoisotopic (exact) mass is 229 g/mol. The fraction of sp³-hybridized carbons (Fsp3) is 0.909. The summed E-state index contributed by atoms with van der Waals surface area (Å²) < 4.78 is 0. The summed E-state index contributed by atoms with van der Waals surface area (Å²) in [4.78, 5) is 5.61. The van der Waals surface area contributed by atoms with E-state index in [9.17, 15) is 0 Å². The molecule has 0 spiro atoms. The summed E-state index contributed by atoms with van der Waals surface area (Å²) in [6.07, 6.45) is 1.98. The van der Waals surface area contributed by atoms with Crippen molar-refractivity contribution in [3.63, 3.8) is 0 Å². The van der Waals surface area contributed by atoms with Crippen LogP contribution in [-0.4, -0.2) is 53.6 Å². The number of thiocarbonyl (C=S) groups is 1. The molecule has 0 radical (unpaired) electrons. The Morgan fingerprint density at radius 1 is 1.33 bits per heavy atom. The fourth-order valence-corrected chi connectivity index (χ4v) is 2.32. The highest BCUT2D eigenvalue weighted by molar-refractivity contribution is 7.80. The lowest BCUT2D eigenvalue weighted by atomic mass is 10.1. The van der Waals surface area contributed by atoms with Crippen molar-refractivity contribution in [1.29, 1.82) is 0 Å². The second-order valence-corrected chi connectivity index (χ2v) is 5.22. The van der Waals surface area contributed by atoms with Crippen LogP contribution in [0.15, 0.2) is 0 Å². The lowest BCUT2D eigenvalue weighted by molar-refractivity contribution is 0.0598. The first kappa shape index (κ1) is 12.9. The first-order valence-electron chi connectivity index (χ1n) is 5.73. The number of likely N-dealkylation sites (N-methyl/N-ethyl adjacent to an activating group) is 1. The third-order valence-corrected chi connectivity index (χ3v) is 3.54. The molecule has 2 unspecified atom stereocenters. The van der Waals surface area contributed by atoms with Crippen molar-refractivity contribution in [3.05, 3.63) is 0 Å². The van der Waals surface area contributed by atoms with Crippen molar-refractivity contribution in [2.75, 3.05) is 26.7 Å². The molecule has 0 amide bonds. The maximum Gasteiger partial charge on any atom is 0.0727 e. The highest BCUT2D eigenvalue weighted by Gasteiger charge is 2.25. The minimum Gasteiger partial charge on any atom is -0.393 e. The van der Waals surface area contributed by atoms with E-state index in [1.165, 1.54) is 0 Å². The molecular formula is C11H23N3S. The van der Waals surface area contributed by atoms with Gasteiger partial charge in [-0.15, -0.1) is 0 Å². The minimum atomic E-state index is 0.644. The molecule has 1 rings (SSSR count). The molecule has 0 saturated carbocycles. The van der Waals surface area contributed by atoms with Crippen molar-refractivity contribution in [3.8, 4) is 0 Å². The van der Waals surface area contributed by atoms with E-state index in [1.54, 1.807) is 0 Å². The van der Waals surface area contributed by atoms with Crippen LogP contribution in [0.4, 0.5) is 0 Å². The summed E-state index contributed by atoms with van der Waals surface area (Å²) in [7, 11) is 2.21. The molecule has 88 valence electrons. The zero-order chi connectivity index (χ0) is 11.4. The number of rotatable bonds is 4. The maximum absolute atomic E-state index is 5.49. The van der Waals surface area contributed by atoms with Crippen molar-refractivity contribution in [2.24, 2.45) is 5.73 Å². The van der Waals surface area contributed by atoms with Gasteiger partial charge < -0.3 is 10.6 Å². The van der Waals surface area contributed by atoms with E-state index in [4.69, 9.17) is 18.0 Å². The van der Waals surface area contributed by atoms with Gasteiger partial charge in [-0.2, -0.15) is 0 Å². The van der Waals surface area contributed by atoms with Crippen LogP contribution in [0.1, 0.15) is 26.7 Å². The van der Waals surface area contributed by atoms with Crippen LogP contribution in [0.25, 0.3) is 0 Å². The van der Waals surface area contributed by atoms with E-state index in [0.717, 1.165) is 32.5 Å². The smallest absolute Gasteiger partial charge is 0.0727 e. The van der Waals surface area contributed by atoms with Crippen LogP contribution in [0.5, 0.6) is 0 Å². The molecule has 0 bridgehead atoms. The van der Waals surface area contributed by atoms with Crippen molar-refractivity contribution >= 4 is 17.2 Å². The molecule has 0 aromatic heterocycles. The third kappa shape index (κ3) is 4.05. The molecule has 0 aromatic carbocycles. The van der Waals surface area contributed by atoms with Crippen molar-refractivity contribution in [1.82, 2.24) is 9.80 Å². The minimum absolute atomic E-state index is 0.644. The van der Waals surface area contributed by atoms with Crippen LogP contribution in [0, 0.1) is 0 Å². The van der Waals surface area contributed by atoms with Gasteiger partial charge in [-0.25, -0.2) is 0 Å². The van der Waals surface area contributed by atoms with Gasteiger partial charge in [0.2, 0.25) is 0 Å². The van der Waals surface area contributed by atoms with Gasteiger partial charge >= 0.3 is 0 Å². The first-order chi connectivity index (χ1) is 7.00. The molecular weight excluding hydrogens is 206 g/mol. The molecule has 0 aliphatic carbocycles. The highest BCUT2D eigenvalue weighted by Crippen LogP contribution is 2.13. The zero-order valence-corrected chi connectivity index (χ0v) is 10.9. The molecule has 3 nitrogen and oxygen atoms in total. The number of piperazine rings is 1. The van der Waals surface area contributed by atoms with E-state index in [1.807, 2.05) is 0 Å². The second-order valence-electron chi connectivity index (χ2n) is 4.69. The summed E-state index contributed by atoms with van der Waals surface area (Å²) in [5.41, 5.74) is 5.49. The van der Waals surface area contributed by atoms with E-state index in [0.29, 0.717) is 17.1 Å². The van der Waals surface area contributed by atoms with Crippen LogP contribution < -0.4 is 5.73 Å². The quantitative estimate of drug-likeness (QED) is 0.731. The van der Waals surface area contributed by atoms with Crippen LogP contribution in [0.2, 0.25) is 0 Å². The van der Waals surface area contributed by atoms with Gasteiger partial charge in [-0.05, 0) is 40.3 Å². The largest absolute Gasteiger partial charge is 0.393 e. The molecule has 1 aliphatic rings. The predicted octanol–water partition coefficient (Wildman–Crippen LogP) is 1.08. The zero-order valence-electron chi connectivity index (χ0n) is 10.1. The van der Waals surface area contributed by atoms with Gasteiger partial charge in [0.25, 0.3) is 0 Å². The van der Waals surface area contributed by atoms with Crippen molar-refractivity contribution in [2.45, 2.75) is 38.8 Å². The fourth-order valence-electron chi connectivity index (χ4n) is 2.17. The Morgan fingerprint density at radius 3 is 2.33 bits per heavy atom. The second kappa shape index (κ2) is 5.77. The lowest BCUT2D eigenvalue weighted by Gasteiger charge is -2.42. The van der Waals surface area contributed by atoms with E-state index in [2.05, 4.69) is 30.7 Å².